The number of ether oxygens (including phenoxy) is 1. The number of amides is 2. The highest BCUT2D eigenvalue weighted by Crippen LogP contribution is 2.33. The first kappa shape index (κ1) is 27.0. The standard InChI is InChI=1S/C28H25N3O5S2/c32-26(29-21-13-15-22(16-14-21)31(34)35)12-5-2-6-17-30-27(33)25(38-28(30)37)19-20-8-7-11-24(18-20)36-23-9-3-1-4-10-23/h1,3-4,7-11,13-16,18-19H,2,5-6,12,17H2,(H,29,32)/b25-19-. The Bertz CT molecular complexity index is 1360. The van der Waals surface area contributed by atoms with Crippen molar-refractivity contribution in [2.75, 3.05) is 11.9 Å². The summed E-state index contributed by atoms with van der Waals surface area (Å²) in [6.07, 6.45) is 4.25. The summed E-state index contributed by atoms with van der Waals surface area (Å²) in [4.78, 5) is 37.5. The number of benzene rings is 3. The van der Waals surface area contributed by atoms with Crippen LogP contribution in [-0.4, -0.2) is 32.5 Å². The average molecular weight is 548 g/mol. The van der Waals surface area contributed by atoms with Gasteiger partial charge in [-0.05, 0) is 60.9 Å². The van der Waals surface area contributed by atoms with Gasteiger partial charge in [0.05, 0.1) is 9.83 Å². The molecule has 0 atom stereocenters. The monoisotopic (exact) mass is 547 g/mol. The lowest BCUT2D eigenvalue weighted by Crippen LogP contribution is -2.29. The van der Waals surface area contributed by atoms with Gasteiger partial charge in [0, 0.05) is 30.8 Å². The Labute approximate surface area is 229 Å². The maximum atomic E-state index is 12.9. The van der Waals surface area contributed by atoms with E-state index in [0.29, 0.717) is 46.5 Å². The maximum Gasteiger partial charge on any atom is 0.269 e. The number of carbonyl (C=O) groups is 2. The summed E-state index contributed by atoms with van der Waals surface area (Å²) in [7, 11) is 0. The van der Waals surface area contributed by atoms with E-state index in [-0.39, 0.29) is 17.5 Å². The van der Waals surface area contributed by atoms with Gasteiger partial charge in [0.15, 0.2) is 0 Å². The van der Waals surface area contributed by atoms with Crippen LogP contribution in [0.4, 0.5) is 11.4 Å². The van der Waals surface area contributed by atoms with Crippen LogP contribution >= 0.6 is 24.0 Å². The van der Waals surface area contributed by atoms with Gasteiger partial charge in [-0.2, -0.15) is 0 Å². The molecule has 0 unspecified atom stereocenters. The molecule has 0 bridgehead atoms. The molecule has 38 heavy (non-hydrogen) atoms. The third-order valence-corrected chi connectivity index (χ3v) is 7.03. The highest BCUT2D eigenvalue weighted by molar-refractivity contribution is 8.26. The highest BCUT2D eigenvalue weighted by atomic mass is 32.2. The second-order valence-electron chi connectivity index (χ2n) is 8.48. The second kappa shape index (κ2) is 13.0. The minimum atomic E-state index is -0.487. The van der Waals surface area contributed by atoms with Gasteiger partial charge in [-0.3, -0.25) is 24.6 Å². The van der Waals surface area contributed by atoms with Crippen LogP contribution in [0.15, 0.2) is 83.8 Å². The lowest BCUT2D eigenvalue weighted by molar-refractivity contribution is -0.384. The Morgan fingerprint density at radius 3 is 2.47 bits per heavy atom. The molecule has 3 aromatic rings. The zero-order valence-electron chi connectivity index (χ0n) is 20.4. The summed E-state index contributed by atoms with van der Waals surface area (Å²) >= 11 is 6.72. The molecule has 0 aromatic heterocycles. The first-order valence-corrected chi connectivity index (χ1v) is 13.2. The molecule has 194 valence electrons. The molecule has 0 saturated carbocycles. The van der Waals surface area contributed by atoms with Crippen LogP contribution in [-0.2, 0) is 9.59 Å². The second-order valence-corrected chi connectivity index (χ2v) is 10.2. The van der Waals surface area contributed by atoms with Gasteiger partial charge in [0.2, 0.25) is 5.91 Å². The van der Waals surface area contributed by atoms with Crippen molar-refractivity contribution >= 4 is 57.6 Å². The third kappa shape index (κ3) is 7.50. The Morgan fingerprint density at radius 1 is 1.00 bits per heavy atom. The summed E-state index contributed by atoms with van der Waals surface area (Å²) in [6.45, 7) is 0.489. The van der Waals surface area contributed by atoms with E-state index in [1.165, 1.54) is 36.0 Å². The number of carbonyl (C=O) groups excluding carboxylic acids is 2. The average Bonchev–Trinajstić information content (AvgIpc) is 3.16. The predicted molar refractivity (Wildman–Crippen MR) is 153 cm³/mol. The third-order valence-electron chi connectivity index (χ3n) is 5.66. The minimum Gasteiger partial charge on any atom is -0.457 e. The zero-order valence-corrected chi connectivity index (χ0v) is 22.0. The van der Waals surface area contributed by atoms with Gasteiger partial charge in [-0.1, -0.05) is 60.7 Å². The molecule has 10 heteroatoms. The first-order valence-electron chi connectivity index (χ1n) is 12.0. The first-order chi connectivity index (χ1) is 18.4. The van der Waals surface area contributed by atoms with Crippen LogP contribution in [0.5, 0.6) is 11.5 Å². The number of nitro groups is 1. The number of nitro benzene ring substituents is 1. The highest BCUT2D eigenvalue weighted by Gasteiger charge is 2.31. The van der Waals surface area contributed by atoms with E-state index in [0.717, 1.165) is 17.7 Å². The number of non-ortho nitro benzene ring substituents is 1. The lowest BCUT2D eigenvalue weighted by Gasteiger charge is -2.14. The van der Waals surface area contributed by atoms with Crippen molar-refractivity contribution in [3.8, 4) is 11.5 Å². The van der Waals surface area contributed by atoms with Crippen molar-refractivity contribution in [2.45, 2.75) is 25.7 Å². The van der Waals surface area contributed by atoms with Crippen molar-refractivity contribution < 1.29 is 19.2 Å². The van der Waals surface area contributed by atoms with Crippen LogP contribution in [0.2, 0.25) is 0 Å². The Morgan fingerprint density at radius 2 is 1.74 bits per heavy atom. The fraction of sp³-hybridized carbons (Fsp3) is 0.179. The molecular formula is C28H25N3O5S2. The van der Waals surface area contributed by atoms with Gasteiger partial charge in [-0.15, -0.1) is 0 Å². The van der Waals surface area contributed by atoms with E-state index in [1.807, 2.05) is 60.7 Å². The molecular weight excluding hydrogens is 522 g/mol. The number of hydrogen-bond acceptors (Lipinski definition) is 7. The molecule has 0 radical (unpaired) electrons. The topological polar surface area (TPSA) is 102 Å². The van der Waals surface area contributed by atoms with Crippen LogP contribution in [0.3, 0.4) is 0 Å². The summed E-state index contributed by atoms with van der Waals surface area (Å²) in [5, 5.41) is 13.5. The van der Waals surface area contributed by atoms with Crippen LogP contribution in [0.25, 0.3) is 6.08 Å². The fourth-order valence-electron chi connectivity index (χ4n) is 3.76. The SMILES string of the molecule is O=C(CCCCCN1C(=O)/C(=C/c2cccc(Oc3ccccc3)c2)SC1=S)Nc1ccc([N+](=O)[O-])cc1. The van der Waals surface area contributed by atoms with Crippen LogP contribution < -0.4 is 10.1 Å². The number of unbranched alkanes of at least 4 members (excludes halogenated alkanes) is 2. The predicted octanol–water partition coefficient (Wildman–Crippen LogP) is 6.79. The van der Waals surface area contributed by atoms with E-state index < -0.39 is 4.92 Å². The number of hydrogen-bond donors (Lipinski definition) is 1. The van der Waals surface area contributed by atoms with E-state index in [4.69, 9.17) is 17.0 Å². The number of rotatable bonds is 11. The van der Waals surface area contributed by atoms with E-state index in [2.05, 4.69) is 5.32 Å². The van der Waals surface area contributed by atoms with E-state index in [9.17, 15) is 19.7 Å². The summed E-state index contributed by atoms with van der Waals surface area (Å²) < 4.78 is 6.40. The van der Waals surface area contributed by atoms with Crippen molar-refractivity contribution in [3.63, 3.8) is 0 Å². The quantitative estimate of drug-likeness (QED) is 0.0927. The number of thioether (sulfide) groups is 1. The zero-order chi connectivity index (χ0) is 26.9. The normalized spacial score (nSPS) is 14.1. The maximum absolute atomic E-state index is 12.9. The number of thiocarbonyl (C=S) groups is 1. The molecule has 1 aliphatic rings. The van der Waals surface area contributed by atoms with Gasteiger partial charge in [0.25, 0.3) is 11.6 Å². The molecule has 1 aliphatic heterocycles. The van der Waals surface area contributed by atoms with E-state index in [1.54, 1.807) is 4.90 Å². The smallest absolute Gasteiger partial charge is 0.269 e. The number of para-hydroxylation sites is 1. The molecule has 0 aliphatic carbocycles. The summed E-state index contributed by atoms with van der Waals surface area (Å²) in [5.41, 5.74) is 1.33. The van der Waals surface area contributed by atoms with E-state index >= 15 is 0 Å². The van der Waals surface area contributed by atoms with Crippen molar-refractivity contribution in [1.82, 2.24) is 4.90 Å². The number of nitrogens with zero attached hydrogens (tertiary/aromatic N) is 2. The van der Waals surface area contributed by atoms with Gasteiger partial charge in [0.1, 0.15) is 15.8 Å². The fourth-order valence-corrected chi connectivity index (χ4v) is 5.07. The lowest BCUT2D eigenvalue weighted by atomic mass is 10.1. The van der Waals surface area contributed by atoms with Crippen molar-refractivity contribution in [2.24, 2.45) is 0 Å². The molecule has 3 aromatic carbocycles. The molecule has 1 heterocycles. The van der Waals surface area contributed by atoms with Gasteiger partial charge >= 0.3 is 0 Å². The summed E-state index contributed by atoms with van der Waals surface area (Å²) in [5.74, 6) is 1.13. The Hall–Kier alpha value is -4.02. The molecule has 0 spiro atoms. The molecule has 1 saturated heterocycles. The van der Waals surface area contributed by atoms with Crippen LogP contribution in [0.1, 0.15) is 31.2 Å². The molecule has 1 fully saturated rings. The van der Waals surface area contributed by atoms with Crippen molar-refractivity contribution in [1.29, 1.82) is 0 Å². The largest absolute Gasteiger partial charge is 0.457 e. The number of anilines is 1. The van der Waals surface area contributed by atoms with Crippen molar-refractivity contribution in [3.05, 3.63) is 99.4 Å². The Balaban J connectivity index is 1.22. The molecule has 2 amide bonds. The van der Waals surface area contributed by atoms with Gasteiger partial charge < -0.3 is 10.1 Å². The molecule has 8 nitrogen and oxygen atoms in total. The molecule has 4 rings (SSSR count). The van der Waals surface area contributed by atoms with Gasteiger partial charge in [-0.25, -0.2) is 0 Å². The Kier molecular flexibility index (Phi) is 9.23. The minimum absolute atomic E-state index is 0.0286. The number of nitrogens with one attached hydrogen (secondary N) is 1. The molecule has 1 N–H and O–H groups in total. The summed E-state index contributed by atoms with van der Waals surface area (Å²) in [6, 6.07) is 22.7. The van der Waals surface area contributed by atoms with Crippen LogP contribution in [0, 0.1) is 10.1 Å².